The van der Waals surface area contributed by atoms with E-state index in [1.807, 2.05) is 44.2 Å². The van der Waals surface area contributed by atoms with Crippen LogP contribution in [0.5, 0.6) is 5.75 Å². The predicted octanol–water partition coefficient (Wildman–Crippen LogP) is 7.40. The van der Waals surface area contributed by atoms with Crippen LogP contribution in [0.4, 0.5) is 10.5 Å². The van der Waals surface area contributed by atoms with Gasteiger partial charge in [0.15, 0.2) is 0 Å². The molecule has 4 N–H and O–H groups in total. The molecule has 0 aliphatic carbocycles. The highest BCUT2D eigenvalue weighted by atomic mass is 35.5. The quantitative estimate of drug-likeness (QED) is 0.131. The fourth-order valence-corrected chi connectivity index (χ4v) is 9.30. The van der Waals surface area contributed by atoms with Gasteiger partial charge in [-0.05, 0) is 59.9 Å². The molecule has 4 amide bonds. The predicted molar refractivity (Wildman–Crippen MR) is 211 cm³/mol. The van der Waals surface area contributed by atoms with Crippen molar-refractivity contribution in [3.63, 3.8) is 0 Å². The fourth-order valence-electron chi connectivity index (χ4n) is 6.93. The number of nitrogens with one attached hydrogen (secondary N) is 2. The number of carbonyl (C=O) groups is 4. The van der Waals surface area contributed by atoms with Gasteiger partial charge in [-0.25, -0.2) is 13.8 Å². The van der Waals surface area contributed by atoms with E-state index >= 15 is 4.79 Å². The largest absolute Gasteiger partial charge is 0.496 e. The third kappa shape index (κ3) is 9.92. The first kappa shape index (κ1) is 42.6. The maximum absolute atomic E-state index is 15.3. The number of piperidine rings is 1. The normalized spacial score (nSPS) is 20.3. The summed E-state index contributed by atoms with van der Waals surface area (Å²) in [4.78, 5) is 55.4. The van der Waals surface area contributed by atoms with Crippen molar-refractivity contribution >= 4 is 62.4 Å². The first-order valence-corrected chi connectivity index (χ1v) is 20.1. The Labute approximate surface area is 326 Å². The van der Waals surface area contributed by atoms with Crippen LogP contribution in [-0.4, -0.2) is 80.4 Å². The van der Waals surface area contributed by atoms with E-state index in [9.17, 15) is 28.8 Å². The number of likely N-dealkylation sites (tertiary alicyclic amines) is 1. The number of halogens is 2. The number of nitrogens with zero attached hydrogens (tertiary/aromatic N) is 2. The number of hydrogen-bond donors (Lipinski definition) is 4. The number of benzene rings is 3. The van der Waals surface area contributed by atoms with Crippen molar-refractivity contribution in [1.82, 2.24) is 10.2 Å². The Morgan fingerprint density at radius 1 is 1.02 bits per heavy atom. The lowest BCUT2D eigenvalue weighted by molar-refractivity contribution is -0.157. The second-order valence-electron chi connectivity index (χ2n) is 14.3. The summed E-state index contributed by atoms with van der Waals surface area (Å²) in [5, 5.41) is 24.4. The van der Waals surface area contributed by atoms with Gasteiger partial charge in [-0.1, -0.05) is 82.1 Å². The summed E-state index contributed by atoms with van der Waals surface area (Å²) in [6.45, 7) is 8.58. The highest BCUT2D eigenvalue weighted by Gasteiger charge is 2.53. The molecule has 0 aromatic heterocycles. The van der Waals surface area contributed by atoms with Crippen LogP contribution in [-0.2, 0) is 19.3 Å². The van der Waals surface area contributed by atoms with E-state index in [4.69, 9.17) is 27.9 Å². The van der Waals surface area contributed by atoms with Crippen molar-refractivity contribution in [1.29, 1.82) is 0 Å². The number of anilines is 1. The molecule has 54 heavy (non-hydrogen) atoms. The minimum Gasteiger partial charge on any atom is -0.496 e. The van der Waals surface area contributed by atoms with Crippen LogP contribution in [0.1, 0.15) is 80.9 Å². The Kier molecular flexibility index (Phi) is 14.2. The molecule has 1 aliphatic rings. The van der Waals surface area contributed by atoms with Gasteiger partial charge in [0.05, 0.1) is 40.7 Å². The van der Waals surface area contributed by atoms with Crippen LogP contribution in [0, 0.1) is 11.3 Å². The zero-order valence-corrected chi connectivity index (χ0v) is 33.5. The number of methoxy groups -OCH3 is 1. The van der Waals surface area contributed by atoms with E-state index in [1.165, 1.54) is 25.3 Å². The molecule has 292 valence electrons. The zero-order chi connectivity index (χ0) is 40.0. The number of carbonyl (C=O) groups excluding carboxylic acids is 3. The second-order valence-corrected chi connectivity index (χ2v) is 18.1. The highest BCUT2D eigenvalue weighted by Crippen LogP contribution is 2.53. The Morgan fingerprint density at radius 3 is 2.28 bits per heavy atom. The van der Waals surface area contributed by atoms with Crippen LogP contribution in [0.15, 0.2) is 71.1 Å². The molecular formula is C39H48Cl2N4O8S. The molecule has 3 aromatic rings. The number of carboxylic acid groups (broad SMARTS) is 1. The number of urea groups is 1. The number of hydrogen-bond acceptors (Lipinski definition) is 7. The molecular weight excluding hydrogens is 755 g/mol. The molecule has 0 radical (unpaired) electrons. The fraction of sp³-hybridized carbons (Fsp3) is 0.436. The molecule has 1 fully saturated rings. The first-order chi connectivity index (χ1) is 25.4. The molecule has 4 rings (SSSR count). The zero-order valence-electron chi connectivity index (χ0n) is 31.2. The van der Waals surface area contributed by atoms with Gasteiger partial charge in [-0.3, -0.25) is 9.59 Å². The smallest absolute Gasteiger partial charge is 0.349 e. The number of amides is 4. The van der Waals surface area contributed by atoms with Crippen molar-refractivity contribution in [2.45, 2.75) is 70.7 Å². The molecule has 0 bridgehead atoms. The number of rotatable bonds is 14. The van der Waals surface area contributed by atoms with Gasteiger partial charge in [0.25, 0.3) is 0 Å². The van der Waals surface area contributed by atoms with Crippen LogP contribution in [0.2, 0.25) is 10.0 Å². The van der Waals surface area contributed by atoms with Gasteiger partial charge in [0.2, 0.25) is 11.8 Å². The number of carboxylic acids is 1. The summed E-state index contributed by atoms with van der Waals surface area (Å²) in [7, 11) is -1.98. The monoisotopic (exact) mass is 802 g/mol. The highest BCUT2D eigenvalue weighted by molar-refractivity contribution is 7.94. The number of aromatic carboxylic acids is 1. The van der Waals surface area contributed by atoms with Crippen molar-refractivity contribution in [3.05, 3.63) is 93.5 Å². The summed E-state index contributed by atoms with van der Waals surface area (Å²) in [6, 6.07) is 16.5. The second kappa shape index (κ2) is 18.0. The van der Waals surface area contributed by atoms with Crippen LogP contribution in [0.3, 0.4) is 0 Å². The van der Waals surface area contributed by atoms with E-state index in [0.29, 0.717) is 10.0 Å². The Bertz CT molecular complexity index is 1980. The Hall–Kier alpha value is -4.17. The van der Waals surface area contributed by atoms with Crippen LogP contribution < -0.4 is 15.4 Å². The molecule has 0 saturated carbocycles. The van der Waals surface area contributed by atoms with E-state index in [-0.39, 0.29) is 60.6 Å². The van der Waals surface area contributed by atoms with Crippen LogP contribution in [0.25, 0.3) is 0 Å². The Balaban J connectivity index is 1.89. The summed E-state index contributed by atoms with van der Waals surface area (Å²) in [5.74, 6) is -2.84. The molecule has 5 atom stereocenters. The molecule has 1 heterocycles. The lowest BCUT2D eigenvalue weighted by Gasteiger charge is -2.53. The van der Waals surface area contributed by atoms with Gasteiger partial charge >= 0.3 is 12.0 Å². The number of ether oxygens (including phenoxy) is 1. The summed E-state index contributed by atoms with van der Waals surface area (Å²) >= 11 is 12.9. The lowest BCUT2D eigenvalue weighted by Crippen LogP contribution is -2.59. The molecule has 0 spiro atoms. The average molecular weight is 804 g/mol. The first-order valence-electron chi connectivity index (χ1n) is 17.6. The lowest BCUT2D eigenvalue weighted by atomic mass is 9.66. The maximum atomic E-state index is 15.3. The molecule has 15 heteroatoms. The van der Waals surface area contributed by atoms with Gasteiger partial charge in [-0.2, -0.15) is 0 Å². The number of aliphatic hydroxyl groups is 1. The van der Waals surface area contributed by atoms with E-state index < -0.39 is 56.3 Å². The minimum absolute atomic E-state index is 0.0576. The van der Waals surface area contributed by atoms with Crippen molar-refractivity contribution in [2.24, 2.45) is 15.7 Å². The molecule has 1 saturated heterocycles. The standard InChI is InChI=1S/C39H48Cl2N4O8S/c1-23(2)32(22-54(52,24(3)4)44-38(51)42-16-17-46)45-35(25-10-12-27(40)13-11-25)31(26-8-7-9-28(41)18-26)20-39(5,37(45)50)21-34(47)43-29-14-15-30(36(48)49)33(19-29)53-6/h7-15,18-19,23-24,31-32,35,46H,16-17,20-22H2,1-6H3,(H,42,51)(H,43,47)(H,48,49)/t31-,32-,35-,39-,54?/m1/s1. The topological polar surface area (TPSA) is 175 Å². The molecule has 1 unspecified atom stereocenters. The summed E-state index contributed by atoms with van der Waals surface area (Å²) in [5.41, 5.74) is 0.476. The van der Waals surface area contributed by atoms with Gasteiger partial charge in [0.1, 0.15) is 11.3 Å². The summed E-state index contributed by atoms with van der Waals surface area (Å²) < 4.78 is 24.1. The van der Waals surface area contributed by atoms with Crippen molar-refractivity contribution in [2.75, 3.05) is 31.3 Å². The van der Waals surface area contributed by atoms with Gasteiger partial charge in [-0.15, -0.1) is 4.36 Å². The molecule has 3 aromatic carbocycles. The summed E-state index contributed by atoms with van der Waals surface area (Å²) in [6.07, 6.45) is -0.0307. The Morgan fingerprint density at radius 2 is 1.70 bits per heavy atom. The maximum Gasteiger partial charge on any atom is 0.349 e. The molecule has 12 nitrogen and oxygen atoms in total. The number of aliphatic hydroxyl groups excluding tert-OH is 1. The van der Waals surface area contributed by atoms with Crippen LogP contribution >= 0.6 is 23.2 Å². The van der Waals surface area contributed by atoms with Crippen molar-refractivity contribution in [3.8, 4) is 5.75 Å². The SMILES string of the molecule is COc1cc(NC(=O)C[C@@]2(C)C[C@H](c3cccc(Cl)c3)[C@@H](c3ccc(Cl)cc3)N([C@H](CS(=O)(=NC(=O)NCCO)C(C)C)C(C)C)C2=O)ccc1C(=O)O. The van der Waals surface area contributed by atoms with Gasteiger partial charge < -0.3 is 30.5 Å². The van der Waals surface area contributed by atoms with Gasteiger partial charge in [0, 0.05) is 52.0 Å². The van der Waals surface area contributed by atoms with E-state index in [2.05, 4.69) is 15.0 Å². The van der Waals surface area contributed by atoms with E-state index in [1.54, 1.807) is 43.9 Å². The minimum atomic E-state index is -3.31. The third-order valence-corrected chi connectivity index (χ3v) is 13.0. The molecule has 1 aliphatic heterocycles. The van der Waals surface area contributed by atoms with E-state index in [0.717, 1.165) is 11.1 Å². The van der Waals surface area contributed by atoms with Crippen molar-refractivity contribution < 1.29 is 38.3 Å². The average Bonchev–Trinajstić information content (AvgIpc) is 3.10. The third-order valence-electron chi connectivity index (χ3n) is 9.76.